The van der Waals surface area contributed by atoms with Gasteiger partial charge in [-0.25, -0.2) is 0 Å². The second-order valence-corrected chi connectivity index (χ2v) is 12.8. The molecule has 0 radical (unpaired) electrons. The number of fused-ring (bicyclic) bond motifs is 8. The number of hydrogen-bond donors (Lipinski definition) is 0. The van der Waals surface area contributed by atoms with Crippen molar-refractivity contribution in [1.29, 1.82) is 0 Å². The van der Waals surface area contributed by atoms with Crippen molar-refractivity contribution in [2.75, 3.05) is 4.90 Å². The maximum atomic E-state index is 9.83. The first-order valence-corrected chi connectivity index (χ1v) is 17.4. The Morgan fingerprint density at radius 1 is 0.375 bits per heavy atom. The second-order valence-electron chi connectivity index (χ2n) is 12.8. The lowest BCUT2D eigenvalue weighted by Gasteiger charge is -2.26. The van der Waals surface area contributed by atoms with Crippen LogP contribution in [0, 0.1) is 0 Å². The summed E-state index contributed by atoms with van der Waals surface area (Å²) in [5.74, 6) is 0. The fraction of sp³-hybridized carbons (Fsp3) is 0. The molecule has 2 heteroatoms. The van der Waals surface area contributed by atoms with Gasteiger partial charge in [0.2, 0.25) is 0 Å². The summed E-state index contributed by atoms with van der Waals surface area (Å²) >= 11 is 0. The van der Waals surface area contributed by atoms with Gasteiger partial charge >= 0.3 is 0 Å². The van der Waals surface area contributed by atoms with Gasteiger partial charge in [0.05, 0.1) is 30.2 Å². The van der Waals surface area contributed by atoms with E-state index < -0.39 is 188 Å². The predicted octanol–water partition coefficient (Wildman–Crippen LogP) is 15.5. The van der Waals surface area contributed by atoms with Gasteiger partial charge < -0.3 is 9.32 Å². The van der Waals surface area contributed by atoms with E-state index in [1.807, 2.05) is 60.7 Å². The molecule has 0 aliphatic heterocycles. The van der Waals surface area contributed by atoms with Crippen LogP contribution in [0.15, 0.2) is 216 Å². The Morgan fingerprint density at radius 3 is 1.93 bits per heavy atom. The molecule has 11 aromatic rings. The standard InChI is InChI=1S/C54H35NO/c1-3-14-36(15-4-1)39-19-13-20-42(32-39)55(41-28-26-38(27-29-41)50-33-40-18-7-8-21-44(40)45-22-9-10-23-46(45)50)43-30-31-48-52-35-51(37-16-5-2-6-17-37)47-24-11-12-25-49(47)54(52)56-53(48)34-43/h1-35H/i1D,3D,4D,7D,8D,9D,10D,13D,14D,15D,18D,19D,20D,21D,22D,23D,26D,27D,28D,29D,32D,33D. The van der Waals surface area contributed by atoms with Crippen LogP contribution in [0.3, 0.4) is 0 Å². The highest BCUT2D eigenvalue weighted by molar-refractivity contribution is 6.19. The highest BCUT2D eigenvalue weighted by Gasteiger charge is 2.19. The SMILES string of the molecule is [2H]c1c([2H])c([2H])c(-c2c([2H])c([2H])c([2H])c(N(c3ccc4c(c3)oc3c5ccccc5c(-c5ccccc5)cc43)c3c([2H])c([2H])c(-c4c([2H])c5c([2H])c([2H])c([2H])c([2H])c5c5c([2H])c([2H])c([2H])c([2H])c45)c([2H])c3[2H])c2[2H])c([2H])c1[2H]. The van der Waals surface area contributed by atoms with Gasteiger partial charge in [-0.1, -0.05) is 157 Å². The van der Waals surface area contributed by atoms with Gasteiger partial charge in [-0.05, 0) is 109 Å². The van der Waals surface area contributed by atoms with Crippen LogP contribution in [0.2, 0.25) is 0 Å². The number of furan rings is 1. The molecule has 0 atom stereocenters. The van der Waals surface area contributed by atoms with E-state index >= 15 is 0 Å². The minimum Gasteiger partial charge on any atom is -0.455 e. The van der Waals surface area contributed by atoms with E-state index in [0.29, 0.717) is 16.4 Å². The first-order valence-electron chi connectivity index (χ1n) is 28.4. The molecule has 1 heterocycles. The van der Waals surface area contributed by atoms with Crippen LogP contribution in [-0.4, -0.2) is 0 Å². The number of benzene rings is 10. The molecule has 0 bridgehead atoms. The van der Waals surface area contributed by atoms with E-state index in [-0.39, 0.29) is 11.3 Å². The van der Waals surface area contributed by atoms with Crippen LogP contribution in [-0.2, 0) is 0 Å². The molecule has 0 spiro atoms. The Labute approximate surface area is 356 Å². The minimum atomic E-state index is -0.977. The van der Waals surface area contributed by atoms with Gasteiger partial charge in [-0.15, -0.1) is 0 Å². The van der Waals surface area contributed by atoms with Crippen molar-refractivity contribution in [3.05, 3.63) is 212 Å². The molecule has 0 saturated heterocycles. The average molecular weight is 736 g/mol. The molecule has 0 amide bonds. The van der Waals surface area contributed by atoms with Gasteiger partial charge in [-0.2, -0.15) is 0 Å². The van der Waals surface area contributed by atoms with Crippen LogP contribution in [0.4, 0.5) is 17.1 Å². The van der Waals surface area contributed by atoms with E-state index in [9.17, 15) is 9.60 Å². The molecule has 0 fully saturated rings. The summed E-state index contributed by atoms with van der Waals surface area (Å²) < 4.78 is 205. The van der Waals surface area contributed by atoms with Gasteiger partial charge in [-0.3, -0.25) is 0 Å². The maximum absolute atomic E-state index is 9.83. The third-order valence-corrected chi connectivity index (χ3v) is 9.60. The number of hydrogen-bond acceptors (Lipinski definition) is 2. The van der Waals surface area contributed by atoms with Crippen LogP contribution < -0.4 is 4.90 Å². The lowest BCUT2D eigenvalue weighted by Crippen LogP contribution is -2.10. The summed E-state index contributed by atoms with van der Waals surface area (Å²) in [4.78, 5) is 0.925. The van der Waals surface area contributed by atoms with Crippen LogP contribution >= 0.6 is 0 Å². The van der Waals surface area contributed by atoms with Crippen LogP contribution in [0.5, 0.6) is 0 Å². The average Bonchev–Trinajstić information content (AvgIpc) is 2.94. The molecule has 262 valence electrons. The van der Waals surface area contributed by atoms with Gasteiger partial charge in [0, 0.05) is 39.3 Å². The smallest absolute Gasteiger partial charge is 0.143 e. The quantitative estimate of drug-likeness (QED) is 0.158. The van der Waals surface area contributed by atoms with Crippen LogP contribution in [0.1, 0.15) is 30.2 Å². The molecule has 0 aliphatic rings. The van der Waals surface area contributed by atoms with Gasteiger partial charge in [0.1, 0.15) is 11.2 Å². The fourth-order valence-corrected chi connectivity index (χ4v) is 7.10. The molecule has 1 aromatic heterocycles. The molecule has 56 heavy (non-hydrogen) atoms. The Morgan fingerprint density at radius 2 is 1.09 bits per heavy atom. The summed E-state index contributed by atoms with van der Waals surface area (Å²) in [6.07, 6.45) is 0. The predicted molar refractivity (Wildman–Crippen MR) is 237 cm³/mol. The molecule has 2 nitrogen and oxygen atoms in total. The monoisotopic (exact) mass is 735 g/mol. The maximum Gasteiger partial charge on any atom is 0.143 e. The zero-order chi connectivity index (χ0) is 56.1. The van der Waals surface area contributed by atoms with E-state index in [1.165, 1.54) is 12.1 Å². The molecule has 0 saturated carbocycles. The van der Waals surface area contributed by atoms with E-state index in [2.05, 4.69) is 0 Å². The van der Waals surface area contributed by atoms with Crippen molar-refractivity contribution >= 4 is 71.3 Å². The molecular formula is C54H35NO. The topological polar surface area (TPSA) is 16.4 Å². The van der Waals surface area contributed by atoms with Gasteiger partial charge in [0.25, 0.3) is 0 Å². The molecule has 0 aliphatic carbocycles. The first-order chi connectivity index (χ1) is 36.9. The van der Waals surface area contributed by atoms with E-state index in [4.69, 9.17) is 25.0 Å². The van der Waals surface area contributed by atoms with Crippen molar-refractivity contribution in [3.63, 3.8) is 0 Å². The largest absolute Gasteiger partial charge is 0.455 e. The second kappa shape index (κ2) is 13.2. The molecule has 10 aromatic carbocycles. The number of rotatable bonds is 6. The Bertz CT molecular complexity index is 4480. The Kier molecular flexibility index (Phi) is 3.98. The van der Waals surface area contributed by atoms with Crippen molar-refractivity contribution in [1.82, 2.24) is 0 Å². The number of anilines is 3. The van der Waals surface area contributed by atoms with Crippen molar-refractivity contribution in [3.8, 4) is 33.4 Å². The van der Waals surface area contributed by atoms with Crippen molar-refractivity contribution in [2.24, 2.45) is 0 Å². The number of nitrogens with zero attached hydrogens (tertiary/aromatic N) is 1. The molecule has 11 rings (SSSR count). The Balaban J connectivity index is 1.27. The third kappa shape index (κ3) is 5.34. The fourth-order valence-electron chi connectivity index (χ4n) is 7.10. The third-order valence-electron chi connectivity index (χ3n) is 9.60. The normalized spacial score (nSPS) is 17.1. The zero-order valence-electron chi connectivity index (χ0n) is 50.9. The van der Waals surface area contributed by atoms with E-state index in [0.717, 1.165) is 26.8 Å². The Hall–Kier alpha value is -7.42. The van der Waals surface area contributed by atoms with Crippen molar-refractivity contribution in [2.45, 2.75) is 0 Å². The van der Waals surface area contributed by atoms with Gasteiger partial charge in [0.15, 0.2) is 0 Å². The summed E-state index contributed by atoms with van der Waals surface area (Å²) in [5.41, 5.74) is -1.93. The highest BCUT2D eigenvalue weighted by Crippen LogP contribution is 2.44. The zero-order valence-corrected chi connectivity index (χ0v) is 28.9. The summed E-state index contributed by atoms with van der Waals surface area (Å²) in [7, 11) is 0. The van der Waals surface area contributed by atoms with Crippen LogP contribution in [0.25, 0.3) is 87.6 Å². The highest BCUT2D eigenvalue weighted by atomic mass is 16.3. The molecular weight excluding hydrogens is 679 g/mol. The molecule has 0 unspecified atom stereocenters. The summed E-state index contributed by atoms with van der Waals surface area (Å²) in [5, 5.41) is 0.731. The lowest BCUT2D eigenvalue weighted by atomic mass is 9.93. The molecule has 0 N–H and O–H groups in total. The summed E-state index contributed by atoms with van der Waals surface area (Å²) in [6.45, 7) is 0. The summed E-state index contributed by atoms with van der Waals surface area (Å²) in [6, 6.07) is 4.71. The van der Waals surface area contributed by atoms with E-state index in [1.54, 1.807) is 6.07 Å². The minimum absolute atomic E-state index is 0.128. The first kappa shape index (κ1) is 16.9. The van der Waals surface area contributed by atoms with Crippen molar-refractivity contribution < 1.29 is 34.6 Å². The lowest BCUT2D eigenvalue weighted by molar-refractivity contribution is 0.673.